The molecule has 0 bridgehead atoms. The van der Waals surface area contributed by atoms with E-state index in [1.54, 1.807) is 18.2 Å². The maximum atomic E-state index is 11.1. The largest absolute Gasteiger partial charge is 0.478 e. The number of rotatable bonds is 3. The lowest BCUT2D eigenvalue weighted by atomic mass is 9.99. The number of carbonyl (C=O) groups is 1. The number of nitrogen functional groups attached to an aromatic ring is 1. The fourth-order valence-electron chi connectivity index (χ4n) is 2.93. The summed E-state index contributed by atoms with van der Waals surface area (Å²) in [6.07, 6.45) is 1.06. The molecule has 108 valence electrons. The molecule has 4 nitrogen and oxygen atoms in total. The molecule has 1 unspecified atom stereocenters. The van der Waals surface area contributed by atoms with E-state index in [4.69, 9.17) is 10.8 Å². The van der Waals surface area contributed by atoms with Gasteiger partial charge in [0, 0.05) is 19.0 Å². The Morgan fingerprint density at radius 2 is 1.95 bits per heavy atom. The summed E-state index contributed by atoms with van der Waals surface area (Å²) >= 11 is 0. The van der Waals surface area contributed by atoms with E-state index in [-0.39, 0.29) is 5.56 Å². The topological polar surface area (TPSA) is 66.6 Å². The number of anilines is 2. The van der Waals surface area contributed by atoms with Gasteiger partial charge in [0.15, 0.2) is 0 Å². The third-order valence-electron chi connectivity index (χ3n) is 4.08. The molecule has 1 atom stereocenters. The molecular weight excluding hydrogens is 264 g/mol. The lowest BCUT2D eigenvalue weighted by Crippen LogP contribution is -2.21. The van der Waals surface area contributed by atoms with Crippen LogP contribution < -0.4 is 10.6 Å². The Morgan fingerprint density at radius 3 is 2.67 bits per heavy atom. The number of carboxylic acid groups (broad SMARTS) is 1. The minimum atomic E-state index is -0.921. The van der Waals surface area contributed by atoms with E-state index in [1.165, 1.54) is 5.56 Å². The Kier molecular flexibility index (Phi) is 3.52. The first-order valence-corrected chi connectivity index (χ1v) is 7.08. The van der Waals surface area contributed by atoms with E-state index in [2.05, 4.69) is 29.2 Å². The number of benzene rings is 2. The Morgan fingerprint density at radius 1 is 1.19 bits per heavy atom. The second-order valence-electron chi connectivity index (χ2n) is 5.42. The highest BCUT2D eigenvalue weighted by Gasteiger charge is 2.25. The number of nitrogens with zero attached hydrogens (tertiary/aromatic N) is 1. The van der Waals surface area contributed by atoms with Crippen LogP contribution in [0.25, 0.3) is 0 Å². The van der Waals surface area contributed by atoms with Crippen molar-refractivity contribution in [2.45, 2.75) is 12.3 Å². The van der Waals surface area contributed by atoms with Gasteiger partial charge in [-0.2, -0.15) is 0 Å². The van der Waals surface area contributed by atoms with Gasteiger partial charge < -0.3 is 15.7 Å². The molecule has 2 aromatic rings. The Labute approximate surface area is 123 Å². The molecule has 1 saturated heterocycles. The van der Waals surface area contributed by atoms with Crippen LogP contribution in [0.4, 0.5) is 11.4 Å². The van der Waals surface area contributed by atoms with Crippen molar-refractivity contribution in [3.63, 3.8) is 0 Å². The van der Waals surface area contributed by atoms with Gasteiger partial charge in [0.25, 0.3) is 0 Å². The fourth-order valence-corrected chi connectivity index (χ4v) is 2.93. The van der Waals surface area contributed by atoms with Crippen molar-refractivity contribution in [3.05, 3.63) is 59.7 Å². The Hall–Kier alpha value is -2.49. The molecule has 1 aliphatic rings. The van der Waals surface area contributed by atoms with Gasteiger partial charge >= 0.3 is 5.97 Å². The molecule has 0 amide bonds. The number of aromatic carboxylic acids is 1. The maximum absolute atomic E-state index is 11.1. The molecule has 3 rings (SSSR count). The van der Waals surface area contributed by atoms with Crippen LogP contribution in [0.5, 0.6) is 0 Å². The summed E-state index contributed by atoms with van der Waals surface area (Å²) in [7, 11) is 0. The normalized spacial score (nSPS) is 17.9. The van der Waals surface area contributed by atoms with Crippen molar-refractivity contribution in [1.29, 1.82) is 0 Å². The molecule has 1 aliphatic heterocycles. The van der Waals surface area contributed by atoms with Crippen LogP contribution in [0.3, 0.4) is 0 Å². The zero-order chi connectivity index (χ0) is 14.8. The molecule has 2 aromatic carbocycles. The first-order chi connectivity index (χ1) is 10.1. The highest BCUT2D eigenvalue weighted by atomic mass is 16.4. The van der Waals surface area contributed by atoms with Crippen LogP contribution in [-0.4, -0.2) is 24.2 Å². The second-order valence-corrected chi connectivity index (χ2v) is 5.42. The minimum absolute atomic E-state index is 0.280. The molecule has 21 heavy (non-hydrogen) atoms. The predicted octanol–water partition coefficient (Wildman–Crippen LogP) is 2.96. The van der Waals surface area contributed by atoms with Crippen LogP contribution in [0.2, 0.25) is 0 Å². The van der Waals surface area contributed by atoms with Crippen molar-refractivity contribution in [2.24, 2.45) is 0 Å². The molecule has 0 spiro atoms. The predicted molar refractivity (Wildman–Crippen MR) is 83.8 cm³/mol. The number of nitrogens with two attached hydrogens (primary N) is 1. The standard InChI is InChI=1S/C17H18N2O2/c18-15-7-6-13(17(20)21)10-16(15)19-9-8-14(11-19)12-4-2-1-3-5-12/h1-7,10,14H,8-9,11,18H2,(H,20,21). The quantitative estimate of drug-likeness (QED) is 0.849. The van der Waals surface area contributed by atoms with E-state index < -0.39 is 5.97 Å². The Balaban J connectivity index is 1.83. The molecule has 1 heterocycles. The van der Waals surface area contributed by atoms with E-state index in [9.17, 15) is 4.79 Å². The van der Waals surface area contributed by atoms with Gasteiger partial charge in [-0.3, -0.25) is 0 Å². The van der Waals surface area contributed by atoms with Crippen molar-refractivity contribution in [3.8, 4) is 0 Å². The van der Waals surface area contributed by atoms with Gasteiger partial charge in [-0.1, -0.05) is 30.3 Å². The highest BCUT2D eigenvalue weighted by Crippen LogP contribution is 2.34. The van der Waals surface area contributed by atoms with Gasteiger partial charge in [-0.25, -0.2) is 4.79 Å². The average molecular weight is 282 g/mol. The molecule has 0 aliphatic carbocycles. The smallest absolute Gasteiger partial charge is 0.335 e. The van der Waals surface area contributed by atoms with Gasteiger partial charge in [0.05, 0.1) is 16.9 Å². The van der Waals surface area contributed by atoms with Crippen LogP contribution in [0, 0.1) is 0 Å². The molecule has 1 fully saturated rings. The molecule has 0 aromatic heterocycles. The summed E-state index contributed by atoms with van der Waals surface area (Å²) < 4.78 is 0. The lowest BCUT2D eigenvalue weighted by Gasteiger charge is -2.21. The van der Waals surface area contributed by atoms with Crippen LogP contribution in [0.1, 0.15) is 28.3 Å². The zero-order valence-corrected chi connectivity index (χ0v) is 11.7. The minimum Gasteiger partial charge on any atom is -0.478 e. The number of hydrogen-bond donors (Lipinski definition) is 2. The summed E-state index contributed by atoms with van der Waals surface area (Å²) in [5.74, 6) is -0.450. The zero-order valence-electron chi connectivity index (χ0n) is 11.7. The maximum Gasteiger partial charge on any atom is 0.335 e. The van der Waals surface area contributed by atoms with Gasteiger partial charge in [-0.15, -0.1) is 0 Å². The summed E-state index contributed by atoms with van der Waals surface area (Å²) in [5, 5.41) is 9.11. The molecule has 4 heteroatoms. The molecular formula is C17H18N2O2. The van der Waals surface area contributed by atoms with E-state index in [1.807, 2.05) is 6.07 Å². The third kappa shape index (κ3) is 2.70. The molecule has 3 N–H and O–H groups in total. The first-order valence-electron chi connectivity index (χ1n) is 7.08. The monoisotopic (exact) mass is 282 g/mol. The molecule has 0 saturated carbocycles. The van der Waals surface area contributed by atoms with Crippen molar-refractivity contribution in [2.75, 3.05) is 23.7 Å². The Bertz CT molecular complexity index is 655. The summed E-state index contributed by atoms with van der Waals surface area (Å²) in [6, 6.07) is 15.3. The highest BCUT2D eigenvalue weighted by molar-refractivity contribution is 5.90. The van der Waals surface area contributed by atoms with Gasteiger partial charge in [0.1, 0.15) is 0 Å². The summed E-state index contributed by atoms with van der Waals surface area (Å²) in [6.45, 7) is 1.77. The van der Waals surface area contributed by atoms with Crippen LogP contribution in [-0.2, 0) is 0 Å². The van der Waals surface area contributed by atoms with Gasteiger partial charge in [-0.05, 0) is 30.2 Å². The van der Waals surface area contributed by atoms with Crippen molar-refractivity contribution in [1.82, 2.24) is 0 Å². The number of carboxylic acids is 1. The fraction of sp³-hybridized carbons (Fsp3) is 0.235. The van der Waals surface area contributed by atoms with Gasteiger partial charge in [0.2, 0.25) is 0 Å². The van der Waals surface area contributed by atoms with Crippen LogP contribution >= 0.6 is 0 Å². The summed E-state index contributed by atoms with van der Waals surface area (Å²) in [4.78, 5) is 13.3. The molecule has 0 radical (unpaired) electrons. The van der Waals surface area contributed by atoms with Crippen molar-refractivity contribution >= 4 is 17.3 Å². The SMILES string of the molecule is Nc1ccc(C(=O)O)cc1N1CCC(c2ccccc2)C1. The van der Waals surface area contributed by atoms with E-state index >= 15 is 0 Å². The summed E-state index contributed by atoms with van der Waals surface area (Å²) in [5.41, 5.74) is 9.09. The first kappa shape index (κ1) is 13.5. The van der Waals surface area contributed by atoms with Crippen molar-refractivity contribution < 1.29 is 9.90 Å². The van der Waals surface area contributed by atoms with E-state index in [0.717, 1.165) is 25.2 Å². The third-order valence-corrected chi connectivity index (χ3v) is 4.08. The van der Waals surface area contributed by atoms with E-state index in [0.29, 0.717) is 11.6 Å². The second kappa shape index (κ2) is 5.48. The van der Waals surface area contributed by atoms with Crippen LogP contribution in [0.15, 0.2) is 48.5 Å². The number of hydrogen-bond acceptors (Lipinski definition) is 3. The lowest BCUT2D eigenvalue weighted by molar-refractivity contribution is 0.0697. The average Bonchev–Trinajstić information content (AvgIpc) is 2.98.